The number of likely N-dealkylation sites (N-methyl/N-ethyl adjacent to an activating group) is 1. The van der Waals surface area contributed by atoms with Crippen molar-refractivity contribution in [2.45, 2.75) is 39.7 Å². The van der Waals surface area contributed by atoms with E-state index in [1.807, 2.05) is 24.9 Å². The average Bonchev–Trinajstić information content (AvgIpc) is 2.74. The minimum Gasteiger partial charge on any atom is -0.310 e. The molecule has 4 nitrogen and oxygen atoms in total. The van der Waals surface area contributed by atoms with Crippen molar-refractivity contribution in [3.63, 3.8) is 0 Å². The highest BCUT2D eigenvalue weighted by Crippen LogP contribution is 2.26. The number of aryl methyl sites for hydroxylation is 3. The Morgan fingerprint density at radius 1 is 1.38 bits per heavy atom. The Bertz CT molecular complexity index is 606. The Labute approximate surface area is 135 Å². The first-order chi connectivity index (χ1) is 10.1. The van der Waals surface area contributed by atoms with Crippen LogP contribution in [0.4, 0.5) is 0 Å². The molecule has 0 aromatic carbocycles. The van der Waals surface area contributed by atoms with E-state index < -0.39 is 0 Å². The zero-order valence-electron chi connectivity index (χ0n) is 13.2. The smallest absolute Gasteiger partial charge is 0.0766 e. The van der Waals surface area contributed by atoms with Gasteiger partial charge in [-0.2, -0.15) is 5.10 Å². The van der Waals surface area contributed by atoms with Crippen LogP contribution < -0.4 is 5.32 Å². The van der Waals surface area contributed by atoms with Gasteiger partial charge in [0.05, 0.1) is 15.9 Å². The second kappa shape index (κ2) is 7.18. The standard InChI is InChI=1S/C16H23BrN4/c1-5-13-16(17)15(21(4)20-13)10-14(18-6-2)12-7-8-19-11(3)9-12/h7-9,14,18H,5-6,10H2,1-4H3. The predicted octanol–water partition coefficient (Wildman–Crippen LogP) is 3.34. The largest absolute Gasteiger partial charge is 0.310 e. The molecule has 0 saturated carbocycles. The highest BCUT2D eigenvalue weighted by atomic mass is 79.9. The van der Waals surface area contributed by atoms with Crippen LogP contribution in [-0.4, -0.2) is 21.3 Å². The molecule has 2 rings (SSSR count). The van der Waals surface area contributed by atoms with Gasteiger partial charge >= 0.3 is 0 Å². The Morgan fingerprint density at radius 3 is 2.71 bits per heavy atom. The van der Waals surface area contributed by atoms with Crippen molar-refractivity contribution in [2.75, 3.05) is 6.54 Å². The molecule has 21 heavy (non-hydrogen) atoms. The molecule has 2 aromatic heterocycles. The fourth-order valence-electron chi connectivity index (χ4n) is 2.57. The third kappa shape index (κ3) is 3.71. The Hall–Kier alpha value is -1.20. The zero-order chi connectivity index (χ0) is 15.4. The van der Waals surface area contributed by atoms with Crippen LogP contribution in [0.5, 0.6) is 0 Å². The fourth-order valence-corrected chi connectivity index (χ4v) is 3.35. The van der Waals surface area contributed by atoms with Crippen molar-refractivity contribution in [1.29, 1.82) is 0 Å². The van der Waals surface area contributed by atoms with E-state index in [1.54, 1.807) is 0 Å². The first-order valence-corrected chi connectivity index (χ1v) is 8.22. The monoisotopic (exact) mass is 350 g/mol. The van der Waals surface area contributed by atoms with Crippen LogP contribution in [0.15, 0.2) is 22.8 Å². The lowest BCUT2D eigenvalue weighted by Crippen LogP contribution is -2.24. The molecule has 0 bridgehead atoms. The third-order valence-electron chi connectivity index (χ3n) is 3.67. The Kier molecular flexibility index (Phi) is 5.53. The van der Waals surface area contributed by atoms with Crippen molar-refractivity contribution in [3.8, 4) is 0 Å². The number of aromatic nitrogens is 3. The van der Waals surface area contributed by atoms with Crippen LogP contribution in [-0.2, 0) is 19.9 Å². The van der Waals surface area contributed by atoms with Gasteiger partial charge in [-0.05, 0) is 53.5 Å². The molecule has 0 aliphatic carbocycles. The average molecular weight is 351 g/mol. The molecule has 0 aliphatic heterocycles. The van der Waals surface area contributed by atoms with Gasteiger partial charge in [-0.15, -0.1) is 0 Å². The summed E-state index contributed by atoms with van der Waals surface area (Å²) in [6.07, 6.45) is 3.72. The number of hydrogen-bond donors (Lipinski definition) is 1. The zero-order valence-corrected chi connectivity index (χ0v) is 14.7. The van der Waals surface area contributed by atoms with Crippen LogP contribution in [0.2, 0.25) is 0 Å². The van der Waals surface area contributed by atoms with E-state index in [1.165, 1.54) is 11.3 Å². The minimum atomic E-state index is 0.271. The molecule has 114 valence electrons. The maximum Gasteiger partial charge on any atom is 0.0766 e. The summed E-state index contributed by atoms with van der Waals surface area (Å²) in [5.41, 5.74) is 4.67. The molecule has 1 atom stereocenters. The number of pyridine rings is 1. The molecule has 0 spiro atoms. The van der Waals surface area contributed by atoms with E-state index in [9.17, 15) is 0 Å². The molecule has 1 N–H and O–H groups in total. The van der Waals surface area contributed by atoms with Crippen molar-refractivity contribution in [3.05, 3.63) is 45.4 Å². The van der Waals surface area contributed by atoms with E-state index in [-0.39, 0.29) is 6.04 Å². The molecule has 0 amide bonds. The molecule has 1 unspecified atom stereocenters. The Balaban J connectivity index is 2.30. The number of hydrogen-bond acceptors (Lipinski definition) is 3. The summed E-state index contributed by atoms with van der Waals surface area (Å²) in [5, 5.41) is 8.15. The lowest BCUT2D eigenvalue weighted by Gasteiger charge is -2.19. The molecule has 0 radical (unpaired) electrons. The summed E-state index contributed by atoms with van der Waals surface area (Å²) in [7, 11) is 2.01. The lowest BCUT2D eigenvalue weighted by atomic mass is 10.0. The minimum absolute atomic E-state index is 0.271. The van der Waals surface area contributed by atoms with Gasteiger partial charge in [0.2, 0.25) is 0 Å². The van der Waals surface area contributed by atoms with E-state index in [2.05, 4.69) is 57.3 Å². The van der Waals surface area contributed by atoms with Gasteiger partial charge in [0.15, 0.2) is 0 Å². The number of nitrogens with zero attached hydrogens (tertiary/aromatic N) is 3. The molecular formula is C16H23BrN4. The molecule has 0 saturated heterocycles. The molecular weight excluding hydrogens is 328 g/mol. The Morgan fingerprint density at radius 2 is 2.14 bits per heavy atom. The van der Waals surface area contributed by atoms with Crippen LogP contribution >= 0.6 is 15.9 Å². The van der Waals surface area contributed by atoms with E-state index in [4.69, 9.17) is 0 Å². The molecule has 2 aromatic rings. The van der Waals surface area contributed by atoms with Crippen LogP contribution in [0, 0.1) is 6.92 Å². The summed E-state index contributed by atoms with van der Waals surface area (Å²) in [6, 6.07) is 4.51. The van der Waals surface area contributed by atoms with Crippen molar-refractivity contribution in [2.24, 2.45) is 7.05 Å². The van der Waals surface area contributed by atoms with E-state index in [0.717, 1.165) is 35.2 Å². The SMILES string of the molecule is CCNC(Cc1c(Br)c(CC)nn1C)c1ccnc(C)c1. The van der Waals surface area contributed by atoms with Gasteiger partial charge in [0.1, 0.15) is 0 Å². The maximum atomic E-state index is 4.58. The summed E-state index contributed by atoms with van der Waals surface area (Å²) in [6.45, 7) is 7.23. The molecule has 0 fully saturated rings. The lowest BCUT2D eigenvalue weighted by molar-refractivity contribution is 0.527. The summed E-state index contributed by atoms with van der Waals surface area (Å²) >= 11 is 3.71. The van der Waals surface area contributed by atoms with Gasteiger partial charge in [-0.1, -0.05) is 13.8 Å². The van der Waals surface area contributed by atoms with Crippen LogP contribution in [0.3, 0.4) is 0 Å². The van der Waals surface area contributed by atoms with Crippen molar-refractivity contribution in [1.82, 2.24) is 20.1 Å². The molecule has 0 aliphatic rings. The van der Waals surface area contributed by atoms with E-state index >= 15 is 0 Å². The fraction of sp³-hybridized carbons (Fsp3) is 0.500. The number of nitrogens with one attached hydrogen (secondary N) is 1. The van der Waals surface area contributed by atoms with Crippen molar-refractivity contribution < 1.29 is 0 Å². The highest BCUT2D eigenvalue weighted by Gasteiger charge is 2.18. The first kappa shape index (κ1) is 16.2. The second-order valence-corrected chi connectivity index (χ2v) is 6.02. The second-order valence-electron chi connectivity index (χ2n) is 5.23. The van der Waals surface area contributed by atoms with Gasteiger partial charge < -0.3 is 5.32 Å². The van der Waals surface area contributed by atoms with Crippen LogP contribution in [0.1, 0.15) is 42.5 Å². The topological polar surface area (TPSA) is 42.7 Å². The van der Waals surface area contributed by atoms with Gasteiger partial charge in [-0.3, -0.25) is 9.67 Å². The summed E-state index contributed by atoms with van der Waals surface area (Å²) in [4.78, 5) is 4.29. The summed E-state index contributed by atoms with van der Waals surface area (Å²) in [5.74, 6) is 0. The van der Waals surface area contributed by atoms with Gasteiger partial charge in [0.25, 0.3) is 0 Å². The normalized spacial score (nSPS) is 12.6. The van der Waals surface area contributed by atoms with Gasteiger partial charge in [-0.25, -0.2) is 0 Å². The maximum absolute atomic E-state index is 4.58. The van der Waals surface area contributed by atoms with Crippen molar-refractivity contribution >= 4 is 15.9 Å². The van der Waals surface area contributed by atoms with Gasteiger partial charge in [0, 0.05) is 31.4 Å². The van der Waals surface area contributed by atoms with Crippen LogP contribution in [0.25, 0.3) is 0 Å². The quantitative estimate of drug-likeness (QED) is 0.868. The first-order valence-electron chi connectivity index (χ1n) is 7.43. The summed E-state index contributed by atoms with van der Waals surface area (Å²) < 4.78 is 3.13. The predicted molar refractivity (Wildman–Crippen MR) is 89.4 cm³/mol. The third-order valence-corrected chi connectivity index (χ3v) is 4.59. The highest BCUT2D eigenvalue weighted by molar-refractivity contribution is 9.10. The molecule has 2 heterocycles. The number of halogens is 1. The van der Waals surface area contributed by atoms with E-state index in [0.29, 0.717) is 0 Å². The number of rotatable bonds is 6. The molecule has 5 heteroatoms.